The van der Waals surface area contributed by atoms with E-state index >= 15 is 0 Å². The summed E-state index contributed by atoms with van der Waals surface area (Å²) in [5.41, 5.74) is -0.0503. The second kappa shape index (κ2) is 1.97. The molecule has 1 aromatic heterocycles. The van der Waals surface area contributed by atoms with Gasteiger partial charge in [-0.25, -0.2) is 0 Å². The van der Waals surface area contributed by atoms with Crippen molar-refractivity contribution in [3.63, 3.8) is 0 Å². The lowest BCUT2D eigenvalue weighted by molar-refractivity contribution is 0.334. The van der Waals surface area contributed by atoms with Crippen LogP contribution in [0.25, 0.3) is 0 Å². The summed E-state index contributed by atoms with van der Waals surface area (Å²) in [6.07, 6.45) is 0. The zero-order valence-corrected chi connectivity index (χ0v) is 7.13. The monoisotopic (exact) mass is 174 g/mol. The van der Waals surface area contributed by atoms with E-state index in [9.17, 15) is 0 Å². The van der Waals surface area contributed by atoms with E-state index in [2.05, 4.69) is 6.92 Å². The Labute approximate surface area is 68.6 Å². The molecule has 0 aromatic carbocycles. The van der Waals surface area contributed by atoms with Crippen LogP contribution in [0.3, 0.4) is 0 Å². The maximum Gasteiger partial charge on any atom is 0.124 e. The smallest absolute Gasteiger partial charge is 0.124 e. The fourth-order valence-corrected chi connectivity index (χ4v) is 2.27. The first kappa shape index (κ1) is 6.65. The zero-order valence-electron chi connectivity index (χ0n) is 5.56. The molecule has 1 saturated heterocycles. The van der Waals surface area contributed by atoms with Crippen molar-refractivity contribution < 1.29 is 4.74 Å². The summed E-state index contributed by atoms with van der Waals surface area (Å²) >= 11 is 7.56. The molecule has 0 bridgehead atoms. The molecule has 0 aliphatic carbocycles. The van der Waals surface area contributed by atoms with Crippen LogP contribution in [0.1, 0.15) is 11.8 Å². The molecule has 1 nitrogen and oxygen atoms in total. The molecule has 54 valence electrons. The minimum absolute atomic E-state index is 0.0503. The van der Waals surface area contributed by atoms with Gasteiger partial charge < -0.3 is 4.74 Å². The van der Waals surface area contributed by atoms with E-state index in [1.165, 1.54) is 0 Å². The fourth-order valence-electron chi connectivity index (χ4n) is 0.910. The lowest BCUT2D eigenvalue weighted by Crippen LogP contribution is -1.98. The van der Waals surface area contributed by atoms with Crippen LogP contribution in [0.2, 0.25) is 5.02 Å². The molecule has 1 aliphatic heterocycles. The van der Waals surface area contributed by atoms with E-state index in [1.54, 1.807) is 11.3 Å². The SMILES string of the molecule is CC1(c2sccc2Cl)CO1. The number of hydrogen-bond donors (Lipinski definition) is 0. The van der Waals surface area contributed by atoms with Gasteiger partial charge in [0.05, 0.1) is 16.5 Å². The molecule has 2 heterocycles. The first-order valence-corrected chi connectivity index (χ1v) is 4.35. The Hall–Kier alpha value is -0.0500. The predicted octanol–water partition coefficient (Wildman–Crippen LogP) is 2.65. The lowest BCUT2D eigenvalue weighted by Gasteiger charge is -1.99. The molecule has 10 heavy (non-hydrogen) atoms. The van der Waals surface area contributed by atoms with Gasteiger partial charge in [-0.3, -0.25) is 0 Å². The van der Waals surface area contributed by atoms with E-state index in [0.29, 0.717) is 0 Å². The summed E-state index contributed by atoms with van der Waals surface area (Å²) in [5.74, 6) is 0. The molecule has 2 rings (SSSR count). The third-order valence-corrected chi connectivity index (χ3v) is 3.26. The minimum Gasteiger partial charge on any atom is -0.364 e. The van der Waals surface area contributed by atoms with Crippen molar-refractivity contribution in [1.82, 2.24) is 0 Å². The normalized spacial score (nSPS) is 30.6. The summed E-state index contributed by atoms with van der Waals surface area (Å²) < 4.78 is 5.25. The average Bonchev–Trinajstić information content (AvgIpc) is 2.44. The van der Waals surface area contributed by atoms with Crippen LogP contribution in [-0.2, 0) is 10.3 Å². The number of ether oxygens (including phenoxy) is 1. The first-order chi connectivity index (χ1) is 4.72. The Kier molecular flexibility index (Phi) is 1.31. The van der Waals surface area contributed by atoms with Crippen LogP contribution in [0.4, 0.5) is 0 Å². The highest BCUT2D eigenvalue weighted by atomic mass is 35.5. The number of epoxide rings is 1. The Balaban J connectivity index is 2.42. The van der Waals surface area contributed by atoms with Gasteiger partial charge in [-0.05, 0) is 18.4 Å². The summed E-state index contributed by atoms with van der Waals surface area (Å²) in [5, 5.41) is 2.83. The number of hydrogen-bond acceptors (Lipinski definition) is 2. The molecule has 1 aromatic rings. The molecule has 0 radical (unpaired) electrons. The van der Waals surface area contributed by atoms with Crippen LogP contribution in [0, 0.1) is 0 Å². The summed E-state index contributed by atoms with van der Waals surface area (Å²) in [6.45, 7) is 2.87. The molecular formula is C7H7ClOS. The van der Waals surface area contributed by atoms with E-state index in [-0.39, 0.29) is 5.60 Å². The van der Waals surface area contributed by atoms with Crippen molar-refractivity contribution in [2.75, 3.05) is 6.61 Å². The van der Waals surface area contributed by atoms with Crippen molar-refractivity contribution in [1.29, 1.82) is 0 Å². The third-order valence-electron chi connectivity index (χ3n) is 1.67. The van der Waals surface area contributed by atoms with Crippen LogP contribution in [0.15, 0.2) is 11.4 Å². The highest BCUT2D eigenvalue weighted by Gasteiger charge is 2.43. The van der Waals surface area contributed by atoms with Gasteiger partial charge in [0.2, 0.25) is 0 Å². The van der Waals surface area contributed by atoms with Gasteiger partial charge in [0.15, 0.2) is 0 Å². The topological polar surface area (TPSA) is 12.5 Å². The molecule has 1 atom stereocenters. The highest BCUT2D eigenvalue weighted by Crippen LogP contribution is 2.44. The molecule has 1 fully saturated rings. The Morgan fingerprint density at radius 3 is 2.90 bits per heavy atom. The van der Waals surface area contributed by atoms with E-state index in [0.717, 1.165) is 16.5 Å². The number of rotatable bonds is 1. The molecule has 1 unspecified atom stereocenters. The van der Waals surface area contributed by atoms with Gasteiger partial charge in [0, 0.05) is 0 Å². The quantitative estimate of drug-likeness (QED) is 0.597. The van der Waals surface area contributed by atoms with Crippen molar-refractivity contribution in [2.24, 2.45) is 0 Å². The second-order valence-corrected chi connectivity index (χ2v) is 3.94. The molecular weight excluding hydrogens is 168 g/mol. The zero-order chi connectivity index (χ0) is 7.19. The molecule has 3 heteroatoms. The van der Waals surface area contributed by atoms with Gasteiger partial charge >= 0.3 is 0 Å². The lowest BCUT2D eigenvalue weighted by atomic mass is 10.2. The van der Waals surface area contributed by atoms with Gasteiger partial charge in [0.1, 0.15) is 5.60 Å². The Morgan fingerprint density at radius 2 is 2.50 bits per heavy atom. The molecule has 0 N–H and O–H groups in total. The van der Waals surface area contributed by atoms with Crippen LogP contribution >= 0.6 is 22.9 Å². The van der Waals surface area contributed by atoms with Crippen molar-refractivity contribution in [3.05, 3.63) is 21.3 Å². The number of halogens is 1. The molecule has 0 spiro atoms. The predicted molar refractivity (Wildman–Crippen MR) is 42.6 cm³/mol. The summed E-state index contributed by atoms with van der Waals surface area (Å²) in [7, 11) is 0. The summed E-state index contributed by atoms with van der Waals surface area (Å²) in [4.78, 5) is 1.16. The summed E-state index contributed by atoms with van der Waals surface area (Å²) in [6, 6.07) is 1.91. The van der Waals surface area contributed by atoms with Gasteiger partial charge in [-0.15, -0.1) is 11.3 Å². The maximum absolute atomic E-state index is 5.89. The molecule has 1 aliphatic rings. The Bertz CT molecular complexity index is 252. The van der Waals surface area contributed by atoms with E-state index in [1.807, 2.05) is 11.4 Å². The first-order valence-electron chi connectivity index (χ1n) is 3.10. The van der Waals surface area contributed by atoms with Crippen molar-refractivity contribution >= 4 is 22.9 Å². The van der Waals surface area contributed by atoms with Gasteiger partial charge in [-0.1, -0.05) is 11.6 Å². The molecule has 0 saturated carbocycles. The Morgan fingerprint density at radius 1 is 1.80 bits per heavy atom. The molecule has 0 amide bonds. The fraction of sp³-hybridized carbons (Fsp3) is 0.429. The van der Waals surface area contributed by atoms with Crippen LogP contribution < -0.4 is 0 Å². The minimum atomic E-state index is -0.0503. The highest BCUT2D eigenvalue weighted by molar-refractivity contribution is 7.10. The maximum atomic E-state index is 5.89. The van der Waals surface area contributed by atoms with Crippen LogP contribution in [0.5, 0.6) is 0 Å². The standard InChI is InChI=1S/C7H7ClOS/c1-7(4-9-7)6-5(8)2-3-10-6/h2-3H,4H2,1H3. The van der Waals surface area contributed by atoms with E-state index in [4.69, 9.17) is 16.3 Å². The van der Waals surface area contributed by atoms with E-state index < -0.39 is 0 Å². The van der Waals surface area contributed by atoms with Crippen LogP contribution in [-0.4, -0.2) is 6.61 Å². The van der Waals surface area contributed by atoms with Gasteiger partial charge in [-0.2, -0.15) is 0 Å². The van der Waals surface area contributed by atoms with Crippen molar-refractivity contribution in [3.8, 4) is 0 Å². The van der Waals surface area contributed by atoms with Gasteiger partial charge in [0.25, 0.3) is 0 Å². The third kappa shape index (κ3) is 0.875. The largest absolute Gasteiger partial charge is 0.364 e. The average molecular weight is 175 g/mol. The second-order valence-electron chi connectivity index (χ2n) is 2.62. The van der Waals surface area contributed by atoms with Crippen molar-refractivity contribution in [2.45, 2.75) is 12.5 Å². The number of thiophene rings is 1.